The van der Waals surface area contributed by atoms with Gasteiger partial charge in [-0.1, -0.05) is 13.8 Å². The average molecular weight is 284 g/mol. The van der Waals surface area contributed by atoms with E-state index in [-0.39, 0.29) is 11.9 Å². The monoisotopic (exact) mass is 284 g/mol. The van der Waals surface area contributed by atoms with E-state index >= 15 is 0 Å². The quantitative estimate of drug-likeness (QED) is 0.836. The second-order valence-electron chi connectivity index (χ2n) is 6.90. The minimum absolute atomic E-state index is 0.151. The van der Waals surface area contributed by atoms with Crippen LogP contribution in [-0.4, -0.2) is 29.7 Å². The molecule has 1 aliphatic carbocycles. The summed E-state index contributed by atoms with van der Waals surface area (Å²) in [6, 6.07) is -0.381. The maximum atomic E-state index is 12.1. The van der Waals surface area contributed by atoms with E-state index in [0.29, 0.717) is 11.8 Å². The molecule has 1 aliphatic rings. The van der Waals surface area contributed by atoms with Gasteiger partial charge in [0, 0.05) is 6.04 Å². The smallest absolute Gasteiger partial charge is 0.408 e. The maximum absolute atomic E-state index is 12.1. The van der Waals surface area contributed by atoms with Crippen molar-refractivity contribution in [2.45, 2.75) is 72.1 Å². The lowest BCUT2D eigenvalue weighted by molar-refractivity contribution is -0.123. The Hall–Kier alpha value is -1.26. The fraction of sp³-hybridized carbons (Fsp3) is 0.867. The first kappa shape index (κ1) is 16.8. The van der Waals surface area contributed by atoms with E-state index in [1.807, 2.05) is 0 Å². The Morgan fingerprint density at radius 1 is 1.20 bits per heavy atom. The number of ether oxygens (including phenoxy) is 1. The Morgan fingerprint density at radius 2 is 1.80 bits per heavy atom. The molecule has 1 saturated carbocycles. The molecule has 1 rings (SSSR count). The molecule has 2 amide bonds. The molecule has 0 heterocycles. The molecule has 2 N–H and O–H groups in total. The first-order valence-corrected chi connectivity index (χ1v) is 7.40. The van der Waals surface area contributed by atoms with Crippen LogP contribution in [0.1, 0.15) is 54.4 Å². The normalized spacial score (nSPS) is 27.8. The van der Waals surface area contributed by atoms with Crippen molar-refractivity contribution in [2.24, 2.45) is 11.8 Å². The lowest BCUT2D eigenvalue weighted by Crippen LogP contribution is -2.49. The predicted molar refractivity (Wildman–Crippen MR) is 78.3 cm³/mol. The average Bonchev–Trinajstić information content (AvgIpc) is 2.58. The van der Waals surface area contributed by atoms with Gasteiger partial charge in [-0.2, -0.15) is 0 Å². The van der Waals surface area contributed by atoms with Gasteiger partial charge >= 0.3 is 6.09 Å². The van der Waals surface area contributed by atoms with Crippen LogP contribution in [0.25, 0.3) is 0 Å². The Balaban J connectivity index is 2.42. The maximum Gasteiger partial charge on any atom is 0.408 e. The number of alkyl carbamates (subject to hydrolysis) is 1. The minimum atomic E-state index is -0.590. The second kappa shape index (κ2) is 6.46. The van der Waals surface area contributed by atoms with Gasteiger partial charge in [0.25, 0.3) is 0 Å². The van der Waals surface area contributed by atoms with Crippen molar-refractivity contribution in [2.75, 3.05) is 0 Å². The molecule has 0 aromatic carbocycles. The summed E-state index contributed by atoms with van der Waals surface area (Å²) < 4.78 is 5.14. The van der Waals surface area contributed by atoms with Crippen LogP contribution in [0.4, 0.5) is 4.79 Å². The van der Waals surface area contributed by atoms with Gasteiger partial charge in [0.1, 0.15) is 11.6 Å². The molecular formula is C15H28N2O3. The van der Waals surface area contributed by atoms with E-state index in [2.05, 4.69) is 24.5 Å². The highest BCUT2D eigenvalue weighted by molar-refractivity contribution is 5.85. The Labute approximate surface area is 121 Å². The minimum Gasteiger partial charge on any atom is -0.444 e. The standard InChI is InChI=1S/C15H28N2O3/c1-9-7-8-12(10(9)2)17-13(18)11(3)16-14(19)20-15(4,5)6/h9-12H,7-8H2,1-6H3,(H,16,19)(H,17,18). The molecule has 0 radical (unpaired) electrons. The number of carbonyl (C=O) groups excluding carboxylic acids is 2. The molecule has 0 aromatic heterocycles. The van der Waals surface area contributed by atoms with E-state index in [1.165, 1.54) is 0 Å². The highest BCUT2D eigenvalue weighted by Gasteiger charge is 2.32. The lowest BCUT2D eigenvalue weighted by atomic mass is 9.97. The van der Waals surface area contributed by atoms with Gasteiger partial charge in [-0.3, -0.25) is 4.79 Å². The van der Waals surface area contributed by atoms with Gasteiger partial charge in [-0.15, -0.1) is 0 Å². The Bertz CT molecular complexity index is 363. The van der Waals surface area contributed by atoms with Crippen LogP contribution in [0.2, 0.25) is 0 Å². The van der Waals surface area contributed by atoms with Crippen LogP contribution in [0.5, 0.6) is 0 Å². The van der Waals surface area contributed by atoms with Crippen molar-refractivity contribution >= 4 is 12.0 Å². The number of carbonyl (C=O) groups is 2. The lowest BCUT2D eigenvalue weighted by Gasteiger charge is -2.24. The molecule has 0 spiro atoms. The van der Waals surface area contributed by atoms with Gasteiger partial charge < -0.3 is 15.4 Å². The van der Waals surface area contributed by atoms with Gasteiger partial charge in [0.2, 0.25) is 5.91 Å². The molecule has 0 aliphatic heterocycles. The summed E-state index contributed by atoms with van der Waals surface area (Å²) >= 11 is 0. The summed E-state index contributed by atoms with van der Waals surface area (Å²) in [6.45, 7) is 11.4. The van der Waals surface area contributed by atoms with Gasteiger partial charge in [0.15, 0.2) is 0 Å². The predicted octanol–water partition coefficient (Wildman–Crippen LogP) is 2.45. The summed E-state index contributed by atoms with van der Waals surface area (Å²) in [5.41, 5.74) is -0.560. The molecule has 4 atom stereocenters. The van der Waals surface area contributed by atoms with Gasteiger partial charge in [-0.25, -0.2) is 4.79 Å². The second-order valence-corrected chi connectivity index (χ2v) is 6.90. The first-order chi connectivity index (χ1) is 9.10. The third kappa shape index (κ3) is 5.02. The van der Waals surface area contributed by atoms with Gasteiger partial charge in [0.05, 0.1) is 0 Å². The molecule has 0 saturated heterocycles. The molecule has 4 unspecified atom stereocenters. The summed E-state index contributed by atoms with van der Waals surface area (Å²) in [6.07, 6.45) is 1.58. The number of nitrogens with one attached hydrogen (secondary N) is 2. The molecule has 5 nitrogen and oxygen atoms in total. The number of hydrogen-bond donors (Lipinski definition) is 2. The van der Waals surface area contributed by atoms with E-state index in [9.17, 15) is 9.59 Å². The molecule has 20 heavy (non-hydrogen) atoms. The third-order valence-corrected chi connectivity index (χ3v) is 3.92. The fourth-order valence-electron chi connectivity index (χ4n) is 2.43. The highest BCUT2D eigenvalue weighted by Crippen LogP contribution is 2.31. The van der Waals surface area contributed by atoms with Crippen LogP contribution in [0.3, 0.4) is 0 Å². The first-order valence-electron chi connectivity index (χ1n) is 7.40. The topological polar surface area (TPSA) is 67.4 Å². The zero-order valence-electron chi connectivity index (χ0n) is 13.4. The number of rotatable bonds is 3. The zero-order valence-corrected chi connectivity index (χ0v) is 13.4. The van der Waals surface area contributed by atoms with Crippen LogP contribution in [-0.2, 0) is 9.53 Å². The zero-order chi connectivity index (χ0) is 15.5. The summed E-state index contributed by atoms with van der Waals surface area (Å²) in [4.78, 5) is 23.7. The van der Waals surface area contributed by atoms with E-state index < -0.39 is 17.7 Å². The SMILES string of the molecule is CC(NC(=O)OC(C)(C)C)C(=O)NC1CCC(C)C1C. The number of amides is 2. The Morgan fingerprint density at radius 3 is 2.25 bits per heavy atom. The van der Waals surface area contributed by atoms with E-state index in [1.54, 1.807) is 27.7 Å². The summed E-state index contributed by atoms with van der Waals surface area (Å²) in [7, 11) is 0. The van der Waals surface area contributed by atoms with Crippen LogP contribution in [0.15, 0.2) is 0 Å². The molecule has 5 heteroatoms. The molecule has 116 valence electrons. The molecule has 0 bridgehead atoms. The van der Waals surface area contributed by atoms with Crippen molar-refractivity contribution < 1.29 is 14.3 Å². The highest BCUT2D eigenvalue weighted by atomic mass is 16.6. The van der Waals surface area contributed by atoms with Crippen LogP contribution in [0, 0.1) is 11.8 Å². The molecule has 1 fully saturated rings. The van der Waals surface area contributed by atoms with Crippen molar-refractivity contribution in [1.29, 1.82) is 0 Å². The fourth-order valence-corrected chi connectivity index (χ4v) is 2.43. The summed E-state index contributed by atoms with van der Waals surface area (Å²) in [5, 5.41) is 5.58. The van der Waals surface area contributed by atoms with Crippen LogP contribution >= 0.6 is 0 Å². The van der Waals surface area contributed by atoms with Crippen LogP contribution < -0.4 is 10.6 Å². The van der Waals surface area contributed by atoms with Gasteiger partial charge in [-0.05, 0) is 52.4 Å². The largest absolute Gasteiger partial charge is 0.444 e. The van der Waals surface area contributed by atoms with Crippen molar-refractivity contribution in [3.8, 4) is 0 Å². The number of hydrogen-bond acceptors (Lipinski definition) is 3. The van der Waals surface area contributed by atoms with Crippen molar-refractivity contribution in [1.82, 2.24) is 10.6 Å². The Kier molecular flexibility index (Phi) is 5.42. The molecular weight excluding hydrogens is 256 g/mol. The van der Waals surface area contributed by atoms with E-state index in [0.717, 1.165) is 12.8 Å². The van der Waals surface area contributed by atoms with E-state index in [4.69, 9.17) is 4.74 Å². The third-order valence-electron chi connectivity index (χ3n) is 3.92. The summed E-state index contributed by atoms with van der Waals surface area (Å²) in [5.74, 6) is 0.962. The van der Waals surface area contributed by atoms with Crippen molar-refractivity contribution in [3.05, 3.63) is 0 Å². The molecule has 0 aromatic rings. The van der Waals surface area contributed by atoms with Crippen molar-refractivity contribution in [3.63, 3.8) is 0 Å².